The molecule has 0 heterocycles. The first-order valence-electron chi connectivity index (χ1n) is 8.09. The first-order chi connectivity index (χ1) is 12.6. The van der Waals surface area contributed by atoms with Gasteiger partial charge in [0.25, 0.3) is 0 Å². The van der Waals surface area contributed by atoms with Crippen molar-refractivity contribution in [1.82, 2.24) is 5.32 Å². The zero-order valence-corrected chi connectivity index (χ0v) is 15.3. The first kappa shape index (κ1) is 21.2. The van der Waals surface area contributed by atoms with E-state index in [0.717, 1.165) is 24.0 Å². The molecule has 0 aliphatic rings. The smallest absolute Gasteiger partial charge is 0.387 e. The van der Waals surface area contributed by atoms with Gasteiger partial charge in [-0.3, -0.25) is 0 Å². The van der Waals surface area contributed by atoms with Gasteiger partial charge in [-0.05, 0) is 36.2 Å². The third-order valence-electron chi connectivity index (χ3n) is 3.71. The molecule has 2 aromatic carbocycles. The van der Waals surface area contributed by atoms with Crippen LogP contribution in [0, 0.1) is 0 Å². The minimum atomic E-state index is -4.77. The van der Waals surface area contributed by atoms with Crippen molar-refractivity contribution in [2.45, 2.75) is 18.7 Å². The molecule has 9 heteroatoms. The third-order valence-corrected chi connectivity index (χ3v) is 4.20. The van der Waals surface area contributed by atoms with Crippen LogP contribution in [-0.4, -0.2) is 32.9 Å². The Morgan fingerprint density at radius 3 is 2.41 bits per heavy atom. The summed E-state index contributed by atoms with van der Waals surface area (Å²) in [5.74, 6) is -0.460. The van der Waals surface area contributed by atoms with Gasteiger partial charge < -0.3 is 14.6 Å². The number of aliphatic hydroxyl groups excluding tert-OH is 1. The van der Waals surface area contributed by atoms with Gasteiger partial charge in [-0.15, -0.1) is 0 Å². The van der Waals surface area contributed by atoms with Gasteiger partial charge in [-0.2, -0.15) is 21.6 Å². The quantitative estimate of drug-likeness (QED) is 0.524. The Bertz CT molecular complexity index is 855. The molecule has 27 heavy (non-hydrogen) atoms. The molecule has 5 nitrogen and oxygen atoms in total. The summed E-state index contributed by atoms with van der Waals surface area (Å²) in [7, 11) is -3.96. The van der Waals surface area contributed by atoms with E-state index in [9.17, 15) is 26.7 Å². The fourth-order valence-electron chi connectivity index (χ4n) is 2.52. The number of hydrogen-bond acceptors (Lipinski definition) is 5. The Labute approximate surface area is 155 Å². The Kier molecular flexibility index (Phi) is 6.85. The Hall–Kier alpha value is -2.10. The molecule has 0 radical (unpaired) electrons. The summed E-state index contributed by atoms with van der Waals surface area (Å²) >= 11 is 0. The highest BCUT2D eigenvalue weighted by atomic mass is 32.2. The number of aliphatic hydroxyl groups is 1. The van der Waals surface area contributed by atoms with Crippen LogP contribution in [0.5, 0.6) is 5.75 Å². The second kappa shape index (κ2) is 8.73. The van der Waals surface area contributed by atoms with Crippen LogP contribution >= 0.6 is 0 Å². The number of halogens is 3. The topological polar surface area (TPSA) is 75.6 Å². The highest BCUT2D eigenvalue weighted by Crippen LogP contribution is 2.37. The maximum absolute atomic E-state index is 13.3. The molecule has 2 N–H and O–H groups in total. The van der Waals surface area contributed by atoms with E-state index in [4.69, 9.17) is 0 Å². The number of rotatable bonds is 8. The Morgan fingerprint density at radius 1 is 1.15 bits per heavy atom. The standard InChI is InChI=1S/C18H20F3NO4S/c1-27(24,25)26-14-7-8-15(16(11-14)18(19,20)21)17(23)12-22-10-9-13-5-3-2-4-6-13/h2-8,11,17,22-23H,9-10,12H2,1H3. The monoisotopic (exact) mass is 403 g/mol. The predicted molar refractivity (Wildman–Crippen MR) is 94.9 cm³/mol. The minimum Gasteiger partial charge on any atom is -0.387 e. The van der Waals surface area contributed by atoms with Gasteiger partial charge in [-0.25, -0.2) is 0 Å². The summed E-state index contributed by atoms with van der Waals surface area (Å²) in [5.41, 5.74) is -0.422. The second-order valence-corrected chi connectivity index (χ2v) is 7.56. The van der Waals surface area contributed by atoms with Crippen molar-refractivity contribution in [3.05, 3.63) is 65.2 Å². The molecule has 0 saturated heterocycles. The molecule has 2 rings (SSSR count). The molecule has 0 fully saturated rings. The lowest BCUT2D eigenvalue weighted by atomic mass is 10.0. The Morgan fingerprint density at radius 2 is 1.81 bits per heavy atom. The van der Waals surface area contributed by atoms with Crippen LogP contribution < -0.4 is 9.50 Å². The van der Waals surface area contributed by atoms with Crippen molar-refractivity contribution < 1.29 is 30.9 Å². The van der Waals surface area contributed by atoms with Gasteiger partial charge in [0.1, 0.15) is 5.75 Å². The maximum atomic E-state index is 13.3. The molecule has 0 saturated carbocycles. The fourth-order valence-corrected chi connectivity index (χ4v) is 2.98. The van der Waals surface area contributed by atoms with Gasteiger partial charge in [0.15, 0.2) is 0 Å². The maximum Gasteiger partial charge on any atom is 0.416 e. The van der Waals surface area contributed by atoms with Gasteiger partial charge in [0.05, 0.1) is 17.9 Å². The van der Waals surface area contributed by atoms with Crippen LogP contribution in [0.3, 0.4) is 0 Å². The normalized spacial score (nSPS) is 13.4. The van der Waals surface area contributed by atoms with Crippen molar-refractivity contribution in [3.8, 4) is 5.75 Å². The summed E-state index contributed by atoms with van der Waals surface area (Å²) in [6, 6.07) is 12.2. The largest absolute Gasteiger partial charge is 0.416 e. The molecule has 0 bridgehead atoms. The number of alkyl halides is 3. The molecular formula is C18H20F3NO4S. The third kappa shape index (κ3) is 6.85. The molecule has 1 atom stereocenters. The van der Waals surface area contributed by atoms with E-state index in [-0.39, 0.29) is 12.1 Å². The summed E-state index contributed by atoms with van der Waals surface area (Å²) in [6.07, 6.45) is -4.78. The highest BCUT2D eigenvalue weighted by Gasteiger charge is 2.35. The number of nitrogens with one attached hydrogen (secondary N) is 1. The Balaban J connectivity index is 2.06. The SMILES string of the molecule is CS(=O)(=O)Oc1ccc(C(O)CNCCc2ccccc2)c(C(F)(F)F)c1. The van der Waals surface area contributed by atoms with E-state index < -0.39 is 33.7 Å². The lowest BCUT2D eigenvalue weighted by Gasteiger charge is -2.19. The minimum absolute atomic E-state index is 0.0812. The van der Waals surface area contributed by atoms with Gasteiger partial charge in [-0.1, -0.05) is 36.4 Å². The molecule has 0 spiro atoms. The zero-order valence-electron chi connectivity index (χ0n) is 14.5. The lowest BCUT2D eigenvalue weighted by molar-refractivity contribution is -0.139. The van der Waals surface area contributed by atoms with Crippen molar-refractivity contribution >= 4 is 10.1 Å². The molecule has 0 aliphatic carbocycles. The zero-order chi connectivity index (χ0) is 20.1. The fraction of sp³-hybridized carbons (Fsp3) is 0.333. The lowest BCUT2D eigenvalue weighted by Crippen LogP contribution is -2.25. The van der Waals surface area contributed by atoms with E-state index in [0.29, 0.717) is 19.0 Å². The van der Waals surface area contributed by atoms with E-state index >= 15 is 0 Å². The van der Waals surface area contributed by atoms with E-state index in [1.165, 1.54) is 0 Å². The van der Waals surface area contributed by atoms with Gasteiger partial charge in [0.2, 0.25) is 0 Å². The van der Waals surface area contributed by atoms with E-state index in [1.807, 2.05) is 30.3 Å². The van der Waals surface area contributed by atoms with Crippen LogP contribution in [0.15, 0.2) is 48.5 Å². The molecule has 1 unspecified atom stereocenters. The average Bonchev–Trinajstić information content (AvgIpc) is 2.57. The summed E-state index contributed by atoms with van der Waals surface area (Å²) in [5, 5.41) is 13.1. The van der Waals surface area contributed by atoms with Crippen LogP contribution in [-0.2, 0) is 22.7 Å². The van der Waals surface area contributed by atoms with Gasteiger partial charge in [0, 0.05) is 6.54 Å². The van der Waals surface area contributed by atoms with E-state index in [2.05, 4.69) is 9.50 Å². The number of hydrogen-bond donors (Lipinski definition) is 2. The first-order valence-corrected chi connectivity index (χ1v) is 9.91. The molecule has 148 valence electrons. The van der Waals surface area contributed by atoms with Crippen LogP contribution in [0.25, 0.3) is 0 Å². The molecule has 0 aliphatic heterocycles. The van der Waals surface area contributed by atoms with Crippen molar-refractivity contribution in [2.24, 2.45) is 0 Å². The molecule has 2 aromatic rings. The molecule has 0 aromatic heterocycles. The average molecular weight is 403 g/mol. The molecule has 0 amide bonds. The van der Waals surface area contributed by atoms with Crippen molar-refractivity contribution in [1.29, 1.82) is 0 Å². The van der Waals surface area contributed by atoms with Crippen molar-refractivity contribution in [3.63, 3.8) is 0 Å². The summed E-state index contributed by atoms with van der Waals surface area (Å²) < 4.78 is 66.6. The van der Waals surface area contributed by atoms with Gasteiger partial charge >= 0.3 is 16.3 Å². The highest BCUT2D eigenvalue weighted by molar-refractivity contribution is 7.86. The molecular weight excluding hydrogens is 383 g/mol. The van der Waals surface area contributed by atoms with E-state index in [1.54, 1.807) is 0 Å². The predicted octanol–water partition coefficient (Wildman–Crippen LogP) is 2.91. The van der Waals surface area contributed by atoms with Crippen molar-refractivity contribution in [2.75, 3.05) is 19.3 Å². The van der Waals surface area contributed by atoms with Crippen LogP contribution in [0.4, 0.5) is 13.2 Å². The summed E-state index contributed by atoms with van der Waals surface area (Å²) in [4.78, 5) is 0. The second-order valence-electron chi connectivity index (χ2n) is 5.99. The van der Waals surface area contributed by atoms with Crippen LogP contribution in [0.2, 0.25) is 0 Å². The van der Waals surface area contributed by atoms with Crippen LogP contribution in [0.1, 0.15) is 22.8 Å². The number of benzene rings is 2. The summed E-state index contributed by atoms with van der Waals surface area (Å²) in [6.45, 7) is 0.403.